The summed E-state index contributed by atoms with van der Waals surface area (Å²) in [6.07, 6.45) is 4.35. The van der Waals surface area contributed by atoms with E-state index >= 15 is 0 Å². The lowest BCUT2D eigenvalue weighted by Crippen LogP contribution is -2.42. The molecule has 38 heavy (non-hydrogen) atoms. The summed E-state index contributed by atoms with van der Waals surface area (Å²) in [4.78, 5) is 21.5. The first-order valence-electron chi connectivity index (χ1n) is 12.0. The zero-order valence-corrected chi connectivity index (χ0v) is 22.0. The highest BCUT2D eigenvalue weighted by Crippen LogP contribution is 2.36. The molecule has 0 aliphatic heterocycles. The smallest absolute Gasteiger partial charge is 0.255 e. The molecule has 0 aliphatic rings. The Bertz CT molecular complexity index is 1630. The van der Waals surface area contributed by atoms with Crippen molar-refractivity contribution < 1.29 is 17.9 Å². The number of fused-ring (bicyclic) bond motifs is 1. The number of sulfonamides is 1. The van der Waals surface area contributed by atoms with Crippen LogP contribution >= 0.6 is 0 Å². The van der Waals surface area contributed by atoms with Crippen molar-refractivity contribution in [2.24, 2.45) is 0 Å². The molecule has 4 aromatic rings. The van der Waals surface area contributed by atoms with Crippen LogP contribution in [-0.2, 0) is 14.8 Å². The zero-order chi connectivity index (χ0) is 27.3. The van der Waals surface area contributed by atoms with Crippen LogP contribution in [0.25, 0.3) is 33.3 Å². The topological polar surface area (TPSA) is 134 Å². The Kier molecular flexibility index (Phi) is 7.88. The van der Waals surface area contributed by atoms with E-state index in [1.807, 2.05) is 60.2 Å². The standard InChI is InChI=1S/C28H27N5O4S/c1-4-23(28(34)33-38(3,35)36)31-27-21-14-15-30-17-24(21)32-26(22(27)16-29)19-12-10-18(11-13-19)20-8-6-7-9-25(20)37-5-2/h6-15,17,23H,4-5H2,1-3H3,(H,31,32)(H,33,34)/t23-/m1/s1. The quantitative estimate of drug-likeness (QED) is 0.324. The SMILES string of the molecule is CCOc1ccccc1-c1ccc(-c2nc3cnccc3c(N[C@H](CC)C(=O)NS(C)(=O)=O)c2C#N)cc1. The van der Waals surface area contributed by atoms with Crippen LogP contribution in [0.2, 0.25) is 0 Å². The normalized spacial score (nSPS) is 11.9. The van der Waals surface area contributed by atoms with Crippen LogP contribution in [0.5, 0.6) is 5.75 Å². The Morgan fingerprint density at radius 3 is 2.45 bits per heavy atom. The van der Waals surface area contributed by atoms with Gasteiger partial charge in [0, 0.05) is 22.7 Å². The summed E-state index contributed by atoms with van der Waals surface area (Å²) in [5.74, 6) is 0.0663. The third-order valence-electron chi connectivity index (χ3n) is 5.89. The Morgan fingerprint density at radius 1 is 1.08 bits per heavy atom. The maximum absolute atomic E-state index is 12.7. The number of ether oxygens (including phenoxy) is 1. The minimum Gasteiger partial charge on any atom is -0.493 e. The molecule has 2 aromatic carbocycles. The third-order valence-corrected chi connectivity index (χ3v) is 6.46. The van der Waals surface area contributed by atoms with Gasteiger partial charge < -0.3 is 10.1 Å². The van der Waals surface area contributed by atoms with Gasteiger partial charge in [0.2, 0.25) is 10.0 Å². The molecule has 10 heteroatoms. The fourth-order valence-electron chi connectivity index (χ4n) is 4.16. The third kappa shape index (κ3) is 5.74. The van der Waals surface area contributed by atoms with E-state index in [9.17, 15) is 18.5 Å². The average molecular weight is 530 g/mol. The molecule has 0 spiro atoms. The number of nitrogens with zero attached hydrogens (tertiary/aromatic N) is 3. The highest BCUT2D eigenvalue weighted by Gasteiger charge is 2.24. The number of benzene rings is 2. The van der Waals surface area contributed by atoms with Gasteiger partial charge in [-0.3, -0.25) is 14.5 Å². The molecular weight excluding hydrogens is 502 g/mol. The van der Waals surface area contributed by atoms with Crippen LogP contribution in [0.1, 0.15) is 25.8 Å². The van der Waals surface area contributed by atoms with E-state index in [0.717, 1.165) is 23.1 Å². The summed E-state index contributed by atoms with van der Waals surface area (Å²) in [7, 11) is -3.75. The minimum atomic E-state index is -3.75. The first kappa shape index (κ1) is 26.6. The Hall–Kier alpha value is -4.49. The zero-order valence-electron chi connectivity index (χ0n) is 21.2. The van der Waals surface area contributed by atoms with Gasteiger partial charge in [-0.05, 0) is 31.0 Å². The monoisotopic (exact) mass is 529 g/mol. The molecule has 0 unspecified atom stereocenters. The number of aromatic nitrogens is 2. The second-order valence-corrected chi connectivity index (χ2v) is 10.3. The number of carbonyl (C=O) groups excluding carboxylic acids is 1. The lowest BCUT2D eigenvalue weighted by Gasteiger charge is -2.21. The van der Waals surface area contributed by atoms with Gasteiger partial charge in [0.1, 0.15) is 23.4 Å². The van der Waals surface area contributed by atoms with Crippen molar-refractivity contribution in [2.45, 2.75) is 26.3 Å². The van der Waals surface area contributed by atoms with Gasteiger partial charge in [-0.25, -0.2) is 13.4 Å². The van der Waals surface area contributed by atoms with Gasteiger partial charge in [-0.2, -0.15) is 5.26 Å². The number of carbonyl (C=O) groups is 1. The molecule has 4 rings (SSSR count). The first-order valence-corrected chi connectivity index (χ1v) is 13.9. The summed E-state index contributed by atoms with van der Waals surface area (Å²) < 4.78 is 31.0. The number of nitrogens with one attached hydrogen (secondary N) is 2. The molecule has 2 N–H and O–H groups in total. The van der Waals surface area contributed by atoms with E-state index < -0.39 is 22.0 Å². The predicted octanol–water partition coefficient (Wildman–Crippen LogP) is 4.50. The Labute approximate surface area is 221 Å². The largest absolute Gasteiger partial charge is 0.493 e. The van der Waals surface area contributed by atoms with Crippen molar-refractivity contribution in [3.05, 3.63) is 72.6 Å². The molecule has 1 amide bonds. The molecule has 0 fully saturated rings. The number of para-hydroxylation sites is 1. The summed E-state index contributed by atoms with van der Waals surface area (Å²) in [6.45, 7) is 4.23. The molecule has 2 aromatic heterocycles. The van der Waals surface area contributed by atoms with Crippen molar-refractivity contribution >= 4 is 32.5 Å². The predicted molar refractivity (Wildman–Crippen MR) is 147 cm³/mol. The van der Waals surface area contributed by atoms with E-state index in [-0.39, 0.29) is 12.0 Å². The highest BCUT2D eigenvalue weighted by molar-refractivity contribution is 7.89. The lowest BCUT2D eigenvalue weighted by atomic mass is 9.98. The summed E-state index contributed by atoms with van der Waals surface area (Å²) >= 11 is 0. The van der Waals surface area contributed by atoms with E-state index in [1.54, 1.807) is 25.4 Å². The van der Waals surface area contributed by atoms with Crippen molar-refractivity contribution in [3.63, 3.8) is 0 Å². The van der Waals surface area contributed by atoms with Crippen molar-refractivity contribution in [2.75, 3.05) is 18.2 Å². The van der Waals surface area contributed by atoms with Crippen LogP contribution in [0.4, 0.5) is 5.69 Å². The fraction of sp³-hybridized carbons (Fsp3) is 0.214. The second-order valence-electron chi connectivity index (χ2n) is 8.57. The Morgan fingerprint density at radius 2 is 1.79 bits per heavy atom. The van der Waals surface area contributed by atoms with Gasteiger partial charge in [0.25, 0.3) is 5.91 Å². The average Bonchev–Trinajstić information content (AvgIpc) is 2.90. The molecule has 0 bridgehead atoms. The molecular formula is C28H27N5O4S. The maximum atomic E-state index is 12.7. The van der Waals surface area contributed by atoms with Gasteiger partial charge in [0.15, 0.2) is 0 Å². The number of hydrogen-bond donors (Lipinski definition) is 2. The number of pyridine rings is 2. The van der Waals surface area contributed by atoms with Gasteiger partial charge >= 0.3 is 0 Å². The molecule has 2 heterocycles. The second kappa shape index (κ2) is 11.3. The van der Waals surface area contributed by atoms with Gasteiger partial charge in [0.05, 0.1) is 36.0 Å². The Balaban J connectivity index is 1.80. The summed E-state index contributed by atoms with van der Waals surface area (Å²) in [6, 6.07) is 18.4. The van der Waals surface area contributed by atoms with Gasteiger partial charge in [-0.1, -0.05) is 49.4 Å². The van der Waals surface area contributed by atoms with E-state index in [0.29, 0.717) is 34.5 Å². The van der Waals surface area contributed by atoms with Crippen LogP contribution < -0.4 is 14.8 Å². The van der Waals surface area contributed by atoms with Crippen molar-refractivity contribution in [1.82, 2.24) is 14.7 Å². The molecule has 0 saturated carbocycles. The number of rotatable bonds is 9. The molecule has 0 saturated heterocycles. The molecule has 9 nitrogen and oxygen atoms in total. The van der Waals surface area contributed by atoms with E-state index in [2.05, 4.69) is 16.4 Å². The fourth-order valence-corrected chi connectivity index (χ4v) is 4.67. The van der Waals surface area contributed by atoms with E-state index in [1.165, 1.54) is 0 Å². The number of hydrogen-bond acceptors (Lipinski definition) is 8. The summed E-state index contributed by atoms with van der Waals surface area (Å²) in [5.41, 5.74) is 4.14. The molecule has 1 atom stereocenters. The van der Waals surface area contributed by atoms with Crippen LogP contribution in [0.3, 0.4) is 0 Å². The highest BCUT2D eigenvalue weighted by atomic mass is 32.2. The molecule has 0 radical (unpaired) electrons. The first-order chi connectivity index (χ1) is 18.3. The number of nitriles is 1. The molecule has 0 aliphatic carbocycles. The summed E-state index contributed by atoms with van der Waals surface area (Å²) in [5, 5.41) is 13.9. The van der Waals surface area contributed by atoms with Crippen LogP contribution in [-0.4, -0.2) is 43.2 Å². The lowest BCUT2D eigenvalue weighted by molar-refractivity contribution is -0.120. The van der Waals surface area contributed by atoms with E-state index in [4.69, 9.17) is 9.72 Å². The minimum absolute atomic E-state index is 0.233. The van der Waals surface area contributed by atoms with Crippen molar-refractivity contribution in [3.8, 4) is 34.2 Å². The number of amides is 1. The number of anilines is 1. The van der Waals surface area contributed by atoms with Crippen LogP contribution in [0, 0.1) is 11.3 Å². The van der Waals surface area contributed by atoms with Crippen LogP contribution in [0.15, 0.2) is 67.0 Å². The van der Waals surface area contributed by atoms with Gasteiger partial charge in [-0.15, -0.1) is 0 Å². The molecule has 194 valence electrons. The van der Waals surface area contributed by atoms with Crippen molar-refractivity contribution in [1.29, 1.82) is 5.26 Å². The maximum Gasteiger partial charge on any atom is 0.255 e.